The van der Waals surface area contributed by atoms with E-state index in [9.17, 15) is 4.79 Å². The number of aromatic nitrogens is 3. The molecule has 27 heavy (non-hydrogen) atoms. The first kappa shape index (κ1) is 16.0. The number of carbonyl (C=O) groups is 1. The highest BCUT2D eigenvalue weighted by atomic mass is 35.5. The highest BCUT2D eigenvalue weighted by Crippen LogP contribution is 2.35. The number of nitrogens with zero attached hydrogens (tertiary/aromatic N) is 3. The summed E-state index contributed by atoms with van der Waals surface area (Å²) in [5.74, 6) is -0.120. The summed E-state index contributed by atoms with van der Waals surface area (Å²) in [4.78, 5) is 12.2. The smallest absolute Gasteiger partial charge is 0.229 e. The van der Waals surface area contributed by atoms with Gasteiger partial charge in [0.2, 0.25) is 5.91 Å². The third-order valence-corrected chi connectivity index (χ3v) is 5.16. The molecule has 0 unspecified atom stereocenters. The van der Waals surface area contributed by atoms with Crippen molar-refractivity contribution in [2.45, 2.75) is 6.92 Å². The normalized spacial score (nSPS) is 11.5. The van der Waals surface area contributed by atoms with Crippen LogP contribution in [0.25, 0.3) is 44.0 Å². The third-order valence-electron chi connectivity index (χ3n) is 4.85. The molecule has 2 heterocycles. The summed E-state index contributed by atoms with van der Waals surface area (Å²) in [5, 5.41) is 13.3. The molecule has 5 heteroatoms. The summed E-state index contributed by atoms with van der Waals surface area (Å²) < 4.78 is 1.56. The standard InChI is InChI=1S/C22H14ClN3O/c1-13(27)26-20-8-4-7-18(23)21(20)17-12-19(24-25-22(17)26)16-10-9-14-5-2-3-6-15(14)11-16/h2-12H,1H3. The van der Waals surface area contributed by atoms with Gasteiger partial charge in [-0.25, -0.2) is 0 Å². The molecule has 0 aliphatic heterocycles. The first-order valence-electron chi connectivity index (χ1n) is 8.60. The van der Waals surface area contributed by atoms with Crippen LogP contribution in [0.4, 0.5) is 0 Å². The number of hydrogen-bond acceptors (Lipinski definition) is 3. The molecule has 3 aromatic carbocycles. The van der Waals surface area contributed by atoms with Crippen molar-refractivity contribution in [3.8, 4) is 11.3 Å². The maximum atomic E-state index is 12.2. The number of benzene rings is 3. The van der Waals surface area contributed by atoms with E-state index in [1.807, 2.05) is 42.5 Å². The van der Waals surface area contributed by atoms with Crippen molar-refractivity contribution in [3.63, 3.8) is 0 Å². The molecule has 0 aliphatic rings. The van der Waals surface area contributed by atoms with Crippen molar-refractivity contribution in [2.75, 3.05) is 0 Å². The number of hydrogen-bond donors (Lipinski definition) is 0. The van der Waals surface area contributed by atoms with Gasteiger partial charge in [-0.1, -0.05) is 54.1 Å². The lowest BCUT2D eigenvalue weighted by Crippen LogP contribution is -2.06. The SMILES string of the molecule is CC(=O)n1c2cccc(Cl)c2c2cc(-c3ccc4ccccc4c3)nnc21. The quantitative estimate of drug-likeness (QED) is 0.378. The molecule has 0 amide bonds. The molecule has 0 aliphatic carbocycles. The van der Waals surface area contributed by atoms with Gasteiger partial charge in [0.1, 0.15) is 0 Å². The van der Waals surface area contributed by atoms with Crippen LogP contribution in [-0.4, -0.2) is 20.7 Å². The van der Waals surface area contributed by atoms with E-state index in [4.69, 9.17) is 11.6 Å². The Hall–Kier alpha value is -3.24. The van der Waals surface area contributed by atoms with Gasteiger partial charge in [-0.05, 0) is 35.0 Å². The molecule has 0 saturated heterocycles. The van der Waals surface area contributed by atoms with Gasteiger partial charge in [0, 0.05) is 23.3 Å². The second-order valence-electron chi connectivity index (χ2n) is 6.52. The van der Waals surface area contributed by atoms with Crippen LogP contribution >= 0.6 is 11.6 Å². The summed E-state index contributed by atoms with van der Waals surface area (Å²) in [6.45, 7) is 1.51. The minimum absolute atomic E-state index is 0.120. The zero-order valence-electron chi connectivity index (χ0n) is 14.5. The van der Waals surface area contributed by atoms with E-state index in [1.54, 1.807) is 4.57 Å². The highest BCUT2D eigenvalue weighted by molar-refractivity contribution is 6.38. The zero-order chi connectivity index (χ0) is 18.5. The van der Waals surface area contributed by atoms with Crippen molar-refractivity contribution in [1.82, 2.24) is 14.8 Å². The van der Waals surface area contributed by atoms with Crippen LogP contribution in [0.5, 0.6) is 0 Å². The predicted molar refractivity (Wildman–Crippen MR) is 109 cm³/mol. The van der Waals surface area contributed by atoms with Crippen molar-refractivity contribution < 1.29 is 4.79 Å². The first-order valence-corrected chi connectivity index (χ1v) is 8.98. The van der Waals surface area contributed by atoms with Crippen molar-refractivity contribution in [1.29, 1.82) is 0 Å². The van der Waals surface area contributed by atoms with Crippen LogP contribution in [-0.2, 0) is 0 Å². The van der Waals surface area contributed by atoms with Crippen molar-refractivity contribution >= 4 is 50.2 Å². The Balaban J connectivity index is 1.82. The van der Waals surface area contributed by atoms with Crippen LogP contribution in [0.3, 0.4) is 0 Å². The van der Waals surface area contributed by atoms with Gasteiger partial charge in [0.25, 0.3) is 0 Å². The predicted octanol–water partition coefficient (Wildman–Crippen LogP) is 5.72. The minimum Gasteiger partial charge on any atom is -0.274 e. The van der Waals surface area contributed by atoms with E-state index in [0.717, 1.165) is 32.9 Å². The Morgan fingerprint density at radius 2 is 1.74 bits per heavy atom. The summed E-state index contributed by atoms with van der Waals surface area (Å²) >= 11 is 6.46. The molecule has 0 atom stereocenters. The van der Waals surface area contributed by atoms with E-state index in [1.165, 1.54) is 12.3 Å². The average Bonchev–Trinajstić information content (AvgIpc) is 3.02. The zero-order valence-corrected chi connectivity index (χ0v) is 15.2. The molecule has 0 spiro atoms. The molecule has 5 rings (SSSR count). The van der Waals surface area contributed by atoms with E-state index in [-0.39, 0.29) is 5.91 Å². The second kappa shape index (κ2) is 5.89. The molecule has 0 fully saturated rings. The van der Waals surface area contributed by atoms with Crippen LogP contribution < -0.4 is 0 Å². The largest absolute Gasteiger partial charge is 0.274 e. The van der Waals surface area contributed by atoms with E-state index in [2.05, 4.69) is 34.5 Å². The Bertz CT molecular complexity index is 1370. The minimum atomic E-state index is -0.120. The van der Waals surface area contributed by atoms with E-state index < -0.39 is 0 Å². The lowest BCUT2D eigenvalue weighted by molar-refractivity contribution is 0.0945. The Kier molecular flexibility index (Phi) is 3.49. The molecule has 0 radical (unpaired) electrons. The van der Waals surface area contributed by atoms with Gasteiger partial charge in [-0.3, -0.25) is 9.36 Å². The molecule has 130 valence electrons. The molecule has 0 N–H and O–H groups in total. The Morgan fingerprint density at radius 1 is 0.926 bits per heavy atom. The maximum Gasteiger partial charge on any atom is 0.229 e. The van der Waals surface area contributed by atoms with Crippen LogP contribution in [0.2, 0.25) is 5.02 Å². The number of fused-ring (bicyclic) bond motifs is 4. The molecule has 5 aromatic rings. The lowest BCUT2D eigenvalue weighted by Gasteiger charge is -2.04. The first-order chi connectivity index (χ1) is 13.1. The van der Waals surface area contributed by atoms with Gasteiger partial charge >= 0.3 is 0 Å². The number of carbonyl (C=O) groups excluding carboxylic acids is 1. The monoisotopic (exact) mass is 371 g/mol. The van der Waals surface area contributed by atoms with E-state index in [0.29, 0.717) is 10.7 Å². The second-order valence-corrected chi connectivity index (χ2v) is 6.92. The molecular weight excluding hydrogens is 358 g/mol. The van der Waals surface area contributed by atoms with E-state index >= 15 is 0 Å². The van der Waals surface area contributed by atoms with Crippen LogP contribution in [0, 0.1) is 0 Å². The van der Waals surface area contributed by atoms with Crippen LogP contribution in [0.1, 0.15) is 11.7 Å². The number of rotatable bonds is 1. The van der Waals surface area contributed by atoms with Gasteiger partial charge < -0.3 is 0 Å². The summed E-state index contributed by atoms with van der Waals surface area (Å²) in [6, 6.07) is 21.9. The van der Waals surface area contributed by atoms with Gasteiger partial charge in [-0.2, -0.15) is 0 Å². The summed E-state index contributed by atoms with van der Waals surface area (Å²) in [7, 11) is 0. The van der Waals surface area contributed by atoms with Gasteiger partial charge in [0.15, 0.2) is 5.65 Å². The van der Waals surface area contributed by atoms with Crippen LogP contribution in [0.15, 0.2) is 66.7 Å². The Labute approximate surface area is 160 Å². The molecule has 0 bridgehead atoms. The molecule has 2 aromatic heterocycles. The molecular formula is C22H14ClN3O. The average molecular weight is 372 g/mol. The third kappa shape index (κ3) is 2.41. The van der Waals surface area contributed by atoms with Crippen molar-refractivity contribution in [2.24, 2.45) is 0 Å². The molecule has 4 nitrogen and oxygen atoms in total. The van der Waals surface area contributed by atoms with Gasteiger partial charge in [-0.15, -0.1) is 10.2 Å². The molecule has 0 saturated carbocycles. The fourth-order valence-electron chi connectivity index (χ4n) is 3.62. The van der Waals surface area contributed by atoms with Gasteiger partial charge in [0.05, 0.1) is 16.2 Å². The summed E-state index contributed by atoms with van der Waals surface area (Å²) in [5.41, 5.74) is 2.99. The number of halogens is 1. The van der Waals surface area contributed by atoms with Crippen molar-refractivity contribution in [3.05, 3.63) is 71.8 Å². The summed E-state index contributed by atoms with van der Waals surface area (Å²) in [6.07, 6.45) is 0. The fourth-order valence-corrected chi connectivity index (χ4v) is 3.89. The topological polar surface area (TPSA) is 47.8 Å². The lowest BCUT2D eigenvalue weighted by atomic mass is 10.0. The maximum absolute atomic E-state index is 12.2. The highest BCUT2D eigenvalue weighted by Gasteiger charge is 2.18. The fraction of sp³-hybridized carbons (Fsp3) is 0.0455. The Morgan fingerprint density at radius 3 is 2.56 bits per heavy atom.